The van der Waals surface area contributed by atoms with Crippen LogP contribution in [0.15, 0.2) is 27.4 Å². The number of nitrogens with two attached hydrogens (primary N) is 1. The molecule has 2 aromatic rings. The molecule has 1 saturated heterocycles. The van der Waals surface area contributed by atoms with E-state index in [4.69, 9.17) is 14.9 Å². The molecule has 1 atom stereocenters. The highest BCUT2D eigenvalue weighted by molar-refractivity contribution is 5.96. The number of hydrogen-bond donors (Lipinski definition) is 2. The Bertz CT molecular complexity index is 749. The number of hydrogen-bond acceptors (Lipinski definition) is 5. The maximum Gasteiger partial charge on any atom is 0.419 e. The average Bonchev–Trinajstić information content (AvgIpc) is 2.82. The van der Waals surface area contributed by atoms with Crippen molar-refractivity contribution in [2.75, 3.05) is 18.5 Å². The topological polar surface area (TPSA) is 99.5 Å². The highest BCUT2D eigenvalue weighted by atomic mass is 35.5. The molecule has 0 bridgehead atoms. The third-order valence-corrected chi connectivity index (χ3v) is 4.14. The van der Waals surface area contributed by atoms with Gasteiger partial charge in [0, 0.05) is 25.9 Å². The highest BCUT2D eigenvalue weighted by Gasteiger charge is 2.26. The largest absolute Gasteiger partial charge is 0.419 e. The second-order valence-electron chi connectivity index (χ2n) is 5.57. The Kier molecular flexibility index (Phi) is 5.46. The lowest BCUT2D eigenvalue weighted by molar-refractivity contribution is -0.119. The number of amides is 1. The van der Waals surface area contributed by atoms with E-state index in [-0.39, 0.29) is 24.2 Å². The summed E-state index contributed by atoms with van der Waals surface area (Å²) in [5.74, 6) is -0.520. The van der Waals surface area contributed by atoms with E-state index >= 15 is 0 Å². The summed E-state index contributed by atoms with van der Waals surface area (Å²) >= 11 is 0. The van der Waals surface area contributed by atoms with E-state index in [2.05, 4.69) is 5.32 Å². The summed E-state index contributed by atoms with van der Waals surface area (Å²) in [6.07, 6.45) is 1.59. The van der Waals surface area contributed by atoms with Crippen molar-refractivity contribution in [3.8, 4) is 0 Å². The maximum absolute atomic E-state index is 12.3. The van der Waals surface area contributed by atoms with Crippen LogP contribution in [-0.4, -0.2) is 29.7 Å². The van der Waals surface area contributed by atoms with Crippen LogP contribution in [0.4, 0.5) is 5.69 Å². The van der Waals surface area contributed by atoms with Gasteiger partial charge >= 0.3 is 5.76 Å². The van der Waals surface area contributed by atoms with E-state index in [1.54, 1.807) is 25.2 Å². The number of fused-ring (bicyclic) bond motifs is 1. The summed E-state index contributed by atoms with van der Waals surface area (Å²) in [4.78, 5) is 23.7. The summed E-state index contributed by atoms with van der Waals surface area (Å²) in [5.41, 5.74) is 7.75. The van der Waals surface area contributed by atoms with Crippen molar-refractivity contribution in [3.05, 3.63) is 28.7 Å². The van der Waals surface area contributed by atoms with Crippen LogP contribution in [0.3, 0.4) is 0 Å². The first-order valence-corrected chi connectivity index (χ1v) is 7.30. The van der Waals surface area contributed by atoms with Crippen LogP contribution < -0.4 is 16.8 Å². The van der Waals surface area contributed by atoms with Gasteiger partial charge in [-0.15, -0.1) is 12.4 Å². The molecule has 3 rings (SSSR count). The molecular weight excluding hydrogens is 322 g/mol. The third-order valence-electron chi connectivity index (χ3n) is 4.14. The lowest BCUT2D eigenvalue weighted by atomic mass is 9.92. The minimum Gasteiger partial charge on any atom is -0.408 e. The molecule has 126 valence electrons. The number of aryl methyl sites for hydroxylation is 1. The fourth-order valence-electron chi connectivity index (χ4n) is 2.72. The standard InChI is InChI=1S/C15H19N3O4.ClH/c1-18-11-8-10(2-3-12(11)22-15(18)20)17-14(19)13(16)9-4-6-21-7-5-9;/h2-3,8-9,13H,4-7,16H2,1H3,(H,17,19);1H. The SMILES string of the molecule is Cl.Cn1c(=O)oc2ccc(NC(=O)C(N)C3CCOCC3)cc21. The van der Waals surface area contributed by atoms with Crippen molar-refractivity contribution in [2.24, 2.45) is 18.7 Å². The number of anilines is 1. The zero-order valence-corrected chi connectivity index (χ0v) is 13.6. The summed E-state index contributed by atoms with van der Waals surface area (Å²) < 4.78 is 11.7. The van der Waals surface area contributed by atoms with Crippen molar-refractivity contribution >= 4 is 35.1 Å². The van der Waals surface area contributed by atoms with Gasteiger partial charge in [-0.1, -0.05) is 0 Å². The van der Waals surface area contributed by atoms with Crippen molar-refractivity contribution in [1.29, 1.82) is 0 Å². The number of carbonyl (C=O) groups excluding carboxylic acids is 1. The molecule has 0 aliphatic carbocycles. The van der Waals surface area contributed by atoms with Crippen LogP contribution in [0.2, 0.25) is 0 Å². The van der Waals surface area contributed by atoms with Gasteiger partial charge in [0.15, 0.2) is 5.58 Å². The molecule has 1 aliphatic heterocycles. The van der Waals surface area contributed by atoms with Crippen LogP contribution in [0.5, 0.6) is 0 Å². The second kappa shape index (κ2) is 7.16. The number of oxazole rings is 1. The molecule has 23 heavy (non-hydrogen) atoms. The lowest BCUT2D eigenvalue weighted by Gasteiger charge is -2.26. The van der Waals surface area contributed by atoms with E-state index in [0.717, 1.165) is 12.8 Å². The zero-order chi connectivity index (χ0) is 15.7. The summed E-state index contributed by atoms with van der Waals surface area (Å²) in [7, 11) is 1.62. The van der Waals surface area contributed by atoms with Crippen molar-refractivity contribution in [2.45, 2.75) is 18.9 Å². The quantitative estimate of drug-likeness (QED) is 0.875. The first-order chi connectivity index (χ1) is 10.6. The van der Waals surface area contributed by atoms with Gasteiger partial charge in [0.25, 0.3) is 0 Å². The van der Waals surface area contributed by atoms with E-state index in [1.165, 1.54) is 4.57 Å². The van der Waals surface area contributed by atoms with Crippen LogP contribution in [0.25, 0.3) is 11.1 Å². The van der Waals surface area contributed by atoms with Crippen LogP contribution >= 0.6 is 12.4 Å². The van der Waals surface area contributed by atoms with Gasteiger partial charge in [-0.05, 0) is 37.0 Å². The first-order valence-electron chi connectivity index (χ1n) is 7.30. The molecule has 3 N–H and O–H groups in total. The molecule has 1 aromatic heterocycles. The van der Waals surface area contributed by atoms with E-state index in [9.17, 15) is 9.59 Å². The van der Waals surface area contributed by atoms with E-state index in [1.807, 2.05) is 0 Å². The molecular formula is C15H20ClN3O4. The molecule has 1 aromatic carbocycles. The smallest absolute Gasteiger partial charge is 0.408 e. The van der Waals surface area contributed by atoms with Crippen LogP contribution in [0.1, 0.15) is 12.8 Å². The molecule has 1 fully saturated rings. The Morgan fingerprint density at radius 2 is 2.09 bits per heavy atom. The van der Waals surface area contributed by atoms with Gasteiger partial charge in [-0.3, -0.25) is 9.36 Å². The molecule has 7 nitrogen and oxygen atoms in total. The Morgan fingerprint density at radius 1 is 1.39 bits per heavy atom. The van der Waals surface area contributed by atoms with Crippen molar-refractivity contribution < 1.29 is 13.9 Å². The molecule has 1 aliphatic rings. The number of carbonyl (C=O) groups is 1. The zero-order valence-electron chi connectivity index (χ0n) is 12.8. The van der Waals surface area contributed by atoms with Gasteiger partial charge in [-0.2, -0.15) is 0 Å². The predicted octanol–water partition coefficient (Wildman–Crippen LogP) is 1.25. The number of ether oxygens (including phenoxy) is 1. The fraction of sp³-hybridized carbons (Fsp3) is 0.467. The number of nitrogens with zero attached hydrogens (tertiary/aromatic N) is 1. The lowest BCUT2D eigenvalue weighted by Crippen LogP contribution is -2.44. The monoisotopic (exact) mass is 341 g/mol. The van der Waals surface area contributed by atoms with E-state index in [0.29, 0.717) is 30.0 Å². The summed E-state index contributed by atoms with van der Waals surface area (Å²) in [6, 6.07) is 4.49. The Labute approximate surface area is 139 Å². The second-order valence-corrected chi connectivity index (χ2v) is 5.57. The van der Waals surface area contributed by atoms with Crippen LogP contribution in [0, 0.1) is 5.92 Å². The molecule has 2 heterocycles. The molecule has 1 amide bonds. The minimum absolute atomic E-state index is 0. The molecule has 0 spiro atoms. The number of halogens is 1. The van der Waals surface area contributed by atoms with Crippen molar-refractivity contribution in [3.63, 3.8) is 0 Å². The van der Waals surface area contributed by atoms with E-state index < -0.39 is 11.8 Å². The Balaban J connectivity index is 0.00000192. The fourth-order valence-corrected chi connectivity index (χ4v) is 2.72. The van der Waals surface area contributed by atoms with Gasteiger partial charge in [0.1, 0.15) is 0 Å². The van der Waals surface area contributed by atoms with Gasteiger partial charge in [0.2, 0.25) is 5.91 Å². The average molecular weight is 342 g/mol. The third kappa shape index (κ3) is 3.57. The predicted molar refractivity (Wildman–Crippen MR) is 88.9 cm³/mol. The normalized spacial score (nSPS) is 16.8. The van der Waals surface area contributed by atoms with Gasteiger partial charge < -0.3 is 20.2 Å². The highest BCUT2D eigenvalue weighted by Crippen LogP contribution is 2.21. The number of aromatic nitrogens is 1. The first kappa shape index (κ1) is 17.5. The number of benzene rings is 1. The summed E-state index contributed by atoms with van der Waals surface area (Å²) in [6.45, 7) is 1.30. The number of nitrogens with one attached hydrogen (secondary N) is 1. The number of rotatable bonds is 3. The summed E-state index contributed by atoms with van der Waals surface area (Å²) in [5, 5.41) is 2.81. The maximum atomic E-state index is 12.3. The molecule has 8 heteroatoms. The van der Waals surface area contributed by atoms with Crippen molar-refractivity contribution in [1.82, 2.24) is 4.57 Å². The molecule has 1 unspecified atom stereocenters. The minimum atomic E-state index is -0.562. The molecule has 0 radical (unpaired) electrons. The Hall–Kier alpha value is -1.83. The van der Waals surface area contributed by atoms with Gasteiger partial charge in [0.05, 0.1) is 11.6 Å². The molecule has 0 saturated carbocycles. The Morgan fingerprint density at radius 3 is 2.78 bits per heavy atom. The van der Waals surface area contributed by atoms with Crippen LogP contribution in [-0.2, 0) is 16.6 Å². The van der Waals surface area contributed by atoms with Gasteiger partial charge in [-0.25, -0.2) is 4.79 Å².